The van der Waals surface area contributed by atoms with Crippen LogP contribution >= 0.6 is 11.3 Å². The highest BCUT2D eigenvalue weighted by Gasteiger charge is 2.70. The Hall–Kier alpha value is -3.77. The summed E-state index contributed by atoms with van der Waals surface area (Å²) in [5.41, 5.74) is -3.89. The SMILES string of the molecule is O=C(c1cccs1)[C@@H]1[C@H](c2ccc([N+](=O)[O-])cc2)NC(=O)N(Cc2ccccc2)[C@]1(O)C(F)(F)F. The first-order valence-corrected chi connectivity index (χ1v) is 11.1. The number of rotatable bonds is 6. The molecular formula is C23H18F3N3O5S. The van der Waals surface area contributed by atoms with Crippen LogP contribution in [-0.2, 0) is 6.54 Å². The molecule has 0 bridgehead atoms. The summed E-state index contributed by atoms with van der Waals surface area (Å²) >= 11 is 0.897. The first kappa shape index (κ1) is 24.4. The quantitative estimate of drug-likeness (QED) is 0.287. The Morgan fingerprint density at radius 3 is 2.31 bits per heavy atom. The van der Waals surface area contributed by atoms with Gasteiger partial charge < -0.3 is 10.4 Å². The summed E-state index contributed by atoms with van der Waals surface area (Å²) in [7, 11) is 0. The van der Waals surface area contributed by atoms with Gasteiger partial charge in [-0.05, 0) is 22.6 Å². The van der Waals surface area contributed by atoms with E-state index >= 15 is 0 Å². The van der Waals surface area contributed by atoms with E-state index in [2.05, 4.69) is 5.32 Å². The second-order valence-electron chi connectivity index (χ2n) is 7.89. The summed E-state index contributed by atoms with van der Waals surface area (Å²) in [5, 5.41) is 26.2. The lowest BCUT2D eigenvalue weighted by Crippen LogP contribution is -2.73. The molecule has 3 aromatic rings. The third-order valence-corrected chi connectivity index (χ3v) is 6.70. The van der Waals surface area contributed by atoms with E-state index in [-0.39, 0.29) is 21.0 Å². The van der Waals surface area contributed by atoms with Gasteiger partial charge >= 0.3 is 12.2 Å². The number of hydrogen-bond donors (Lipinski definition) is 2. The lowest BCUT2D eigenvalue weighted by molar-refractivity contribution is -0.384. The van der Waals surface area contributed by atoms with Crippen LogP contribution in [0.1, 0.15) is 26.8 Å². The molecule has 1 fully saturated rings. The van der Waals surface area contributed by atoms with E-state index < -0.39 is 47.1 Å². The van der Waals surface area contributed by atoms with Crippen molar-refractivity contribution in [3.05, 3.63) is 98.2 Å². The second-order valence-corrected chi connectivity index (χ2v) is 8.84. The number of ketones is 1. The number of nitro benzene ring substituents is 1. The number of carbonyl (C=O) groups excluding carboxylic acids is 2. The smallest absolute Gasteiger partial charge is 0.363 e. The molecular weight excluding hydrogens is 487 g/mol. The molecule has 3 atom stereocenters. The van der Waals surface area contributed by atoms with Crippen molar-refractivity contribution in [2.45, 2.75) is 24.5 Å². The number of nitrogens with one attached hydrogen (secondary N) is 1. The maximum absolute atomic E-state index is 14.7. The highest BCUT2D eigenvalue weighted by molar-refractivity contribution is 7.12. The topological polar surface area (TPSA) is 113 Å². The Morgan fingerprint density at radius 1 is 1.11 bits per heavy atom. The van der Waals surface area contributed by atoms with Gasteiger partial charge in [-0.25, -0.2) is 4.79 Å². The normalized spacial score (nSPS) is 22.5. The Bertz CT molecular complexity index is 1240. The molecule has 0 unspecified atom stereocenters. The van der Waals surface area contributed by atoms with E-state index in [4.69, 9.17) is 0 Å². The van der Waals surface area contributed by atoms with Crippen LogP contribution in [0, 0.1) is 16.0 Å². The minimum atomic E-state index is -5.42. The Balaban J connectivity index is 1.87. The highest BCUT2D eigenvalue weighted by atomic mass is 32.1. The standard InChI is InChI=1S/C23H18F3N3O5S/c24-23(25,26)22(32)18(20(30)17-7-4-12-35-17)19(15-8-10-16(11-9-15)29(33)34)27-21(31)28(22)13-14-5-2-1-3-6-14/h1-12,18-19,32H,13H2,(H,27,31)/t18-,19-,22+/m0/s1. The minimum Gasteiger partial charge on any atom is -0.363 e. The molecule has 2 N–H and O–H groups in total. The highest BCUT2D eigenvalue weighted by Crippen LogP contribution is 2.49. The number of nitro groups is 1. The van der Waals surface area contributed by atoms with Crippen LogP contribution in [0.4, 0.5) is 23.7 Å². The fourth-order valence-corrected chi connectivity index (χ4v) is 4.83. The van der Waals surface area contributed by atoms with Gasteiger partial charge in [-0.2, -0.15) is 13.2 Å². The van der Waals surface area contributed by atoms with Crippen molar-refractivity contribution in [1.82, 2.24) is 10.2 Å². The third-order valence-electron chi connectivity index (χ3n) is 5.81. The van der Waals surface area contributed by atoms with E-state index in [0.29, 0.717) is 5.56 Å². The minimum absolute atomic E-state index is 0.000826. The van der Waals surface area contributed by atoms with Crippen LogP contribution in [0.2, 0.25) is 0 Å². The first-order chi connectivity index (χ1) is 16.5. The van der Waals surface area contributed by atoms with Crippen LogP contribution in [0.15, 0.2) is 72.1 Å². The molecule has 0 saturated carbocycles. The van der Waals surface area contributed by atoms with Gasteiger partial charge in [0.05, 0.1) is 22.4 Å². The number of non-ortho nitro benzene ring substituents is 1. The van der Waals surface area contributed by atoms with Gasteiger partial charge in [-0.3, -0.25) is 19.8 Å². The van der Waals surface area contributed by atoms with E-state index in [1.54, 1.807) is 18.2 Å². The van der Waals surface area contributed by atoms with Crippen molar-refractivity contribution in [3.63, 3.8) is 0 Å². The zero-order valence-electron chi connectivity index (χ0n) is 17.8. The van der Waals surface area contributed by atoms with Gasteiger partial charge in [-0.1, -0.05) is 48.5 Å². The molecule has 0 spiro atoms. The predicted octanol–water partition coefficient (Wildman–Crippen LogP) is 4.67. The lowest BCUT2D eigenvalue weighted by atomic mass is 9.77. The fraction of sp³-hybridized carbons (Fsp3) is 0.217. The summed E-state index contributed by atoms with van der Waals surface area (Å²) < 4.78 is 44.0. The molecule has 1 aliphatic rings. The summed E-state index contributed by atoms with van der Waals surface area (Å²) in [5.74, 6) is -3.23. The molecule has 2 heterocycles. The number of aliphatic hydroxyl groups is 1. The largest absolute Gasteiger partial charge is 0.437 e. The molecule has 1 aliphatic heterocycles. The molecule has 0 radical (unpaired) electrons. The van der Waals surface area contributed by atoms with Crippen molar-refractivity contribution >= 4 is 28.8 Å². The van der Waals surface area contributed by atoms with Gasteiger partial charge in [0.2, 0.25) is 0 Å². The molecule has 0 aliphatic carbocycles. The average Bonchev–Trinajstić information content (AvgIpc) is 3.36. The number of nitrogens with zero attached hydrogens (tertiary/aromatic N) is 2. The van der Waals surface area contributed by atoms with Crippen LogP contribution in [0.3, 0.4) is 0 Å². The summed E-state index contributed by atoms with van der Waals surface area (Å²) in [4.78, 5) is 36.9. The molecule has 1 aromatic heterocycles. The van der Waals surface area contributed by atoms with E-state index in [0.717, 1.165) is 35.6 Å². The molecule has 1 saturated heterocycles. The third kappa shape index (κ3) is 4.37. The first-order valence-electron chi connectivity index (χ1n) is 10.3. The molecule has 12 heteroatoms. The van der Waals surface area contributed by atoms with Crippen molar-refractivity contribution in [1.29, 1.82) is 0 Å². The summed E-state index contributed by atoms with van der Waals surface area (Å²) in [6.45, 7) is -0.621. The maximum atomic E-state index is 14.7. The number of thiophene rings is 1. The summed E-state index contributed by atoms with van der Waals surface area (Å²) in [6, 6.07) is 12.1. The van der Waals surface area contributed by atoms with Crippen molar-refractivity contribution in [2.75, 3.05) is 0 Å². The number of hydrogen-bond acceptors (Lipinski definition) is 6. The number of carbonyl (C=O) groups is 2. The lowest BCUT2D eigenvalue weighted by Gasteiger charge is -2.51. The number of Topliss-reactive ketones (excluding diaryl/α,β-unsaturated/α-hetero) is 1. The summed E-state index contributed by atoms with van der Waals surface area (Å²) in [6.07, 6.45) is -5.42. The predicted molar refractivity (Wildman–Crippen MR) is 119 cm³/mol. The van der Waals surface area contributed by atoms with Crippen molar-refractivity contribution in [3.8, 4) is 0 Å². The number of urea groups is 1. The zero-order chi connectivity index (χ0) is 25.4. The molecule has 2 aromatic carbocycles. The van der Waals surface area contributed by atoms with Gasteiger partial charge in [0.25, 0.3) is 11.4 Å². The number of benzene rings is 2. The zero-order valence-corrected chi connectivity index (χ0v) is 18.6. The fourth-order valence-electron chi connectivity index (χ4n) is 4.12. The van der Waals surface area contributed by atoms with E-state index in [1.165, 1.54) is 29.6 Å². The Labute approximate surface area is 200 Å². The number of halogens is 3. The van der Waals surface area contributed by atoms with E-state index in [1.807, 2.05) is 0 Å². The molecule has 4 rings (SSSR count). The average molecular weight is 505 g/mol. The van der Waals surface area contributed by atoms with E-state index in [9.17, 15) is 38.0 Å². The van der Waals surface area contributed by atoms with Gasteiger partial charge in [-0.15, -0.1) is 11.3 Å². The Morgan fingerprint density at radius 2 is 1.77 bits per heavy atom. The molecule has 2 amide bonds. The number of amides is 2. The second kappa shape index (κ2) is 9.12. The Kier molecular flexibility index (Phi) is 6.34. The van der Waals surface area contributed by atoms with Crippen LogP contribution in [0.25, 0.3) is 0 Å². The molecule has 8 nitrogen and oxygen atoms in total. The van der Waals surface area contributed by atoms with Crippen LogP contribution in [-0.4, -0.2) is 38.6 Å². The molecule has 35 heavy (non-hydrogen) atoms. The molecule has 182 valence electrons. The van der Waals surface area contributed by atoms with Crippen LogP contribution < -0.4 is 5.32 Å². The maximum Gasteiger partial charge on any atom is 0.437 e. The van der Waals surface area contributed by atoms with Gasteiger partial charge in [0, 0.05) is 12.1 Å². The van der Waals surface area contributed by atoms with Gasteiger partial charge in [0.1, 0.15) is 5.92 Å². The van der Waals surface area contributed by atoms with Crippen molar-refractivity contribution < 1.29 is 32.8 Å². The van der Waals surface area contributed by atoms with Gasteiger partial charge in [0.15, 0.2) is 5.78 Å². The van der Waals surface area contributed by atoms with Crippen LogP contribution in [0.5, 0.6) is 0 Å². The van der Waals surface area contributed by atoms with Crippen molar-refractivity contribution in [2.24, 2.45) is 5.92 Å². The monoisotopic (exact) mass is 505 g/mol. The number of alkyl halides is 3.